The Labute approximate surface area is 136 Å². The van der Waals surface area contributed by atoms with E-state index in [0.29, 0.717) is 11.4 Å². The highest BCUT2D eigenvalue weighted by Gasteiger charge is 2.17. The zero-order valence-electron chi connectivity index (χ0n) is 12.8. The molecule has 0 N–H and O–H groups in total. The van der Waals surface area contributed by atoms with E-state index in [2.05, 4.69) is 38.8 Å². The lowest BCUT2D eigenvalue weighted by molar-refractivity contribution is 0.564. The summed E-state index contributed by atoms with van der Waals surface area (Å²) in [6.07, 6.45) is 3.03. The van der Waals surface area contributed by atoms with Crippen molar-refractivity contribution in [1.29, 1.82) is 0 Å². The Bertz CT molecular complexity index is 1130. The van der Waals surface area contributed by atoms with Gasteiger partial charge in [-0.25, -0.2) is 9.59 Å². The normalized spacial score (nSPS) is 10.7. The van der Waals surface area contributed by atoms with Gasteiger partial charge in [-0.1, -0.05) is 24.3 Å². The van der Waals surface area contributed by atoms with Gasteiger partial charge < -0.3 is 4.57 Å². The fraction of sp³-hybridized carbons (Fsp3) is 0.0526. The van der Waals surface area contributed by atoms with Crippen LogP contribution in [0.3, 0.4) is 0 Å². The maximum absolute atomic E-state index is 10.8. The summed E-state index contributed by atoms with van der Waals surface area (Å²) in [5.41, 5.74) is 4.41. The van der Waals surface area contributed by atoms with E-state index in [-0.39, 0.29) is 0 Å². The van der Waals surface area contributed by atoms with E-state index in [0.717, 1.165) is 22.3 Å². The average Bonchev–Trinajstić information content (AvgIpc) is 2.76. The Balaban J connectivity index is 2.12. The third-order valence-electron chi connectivity index (χ3n) is 4.30. The Kier molecular flexibility index (Phi) is 3.10. The molecule has 0 aliphatic carbocycles. The lowest BCUT2D eigenvalue weighted by Crippen LogP contribution is -1.96. The van der Waals surface area contributed by atoms with Crippen molar-refractivity contribution in [2.75, 3.05) is 0 Å². The quantitative estimate of drug-likeness (QED) is 0.414. The molecule has 3 aromatic carbocycles. The molecule has 4 bridgehead atoms. The number of aliphatic imine (C=N–C) groups is 2. The summed E-state index contributed by atoms with van der Waals surface area (Å²) in [5.74, 6) is 0. The summed E-state index contributed by atoms with van der Waals surface area (Å²) in [4.78, 5) is 28.7. The maximum Gasteiger partial charge on any atom is 0.240 e. The Morgan fingerprint density at radius 2 is 1.46 bits per heavy atom. The summed E-state index contributed by atoms with van der Waals surface area (Å²) < 4.78 is 2.12. The van der Waals surface area contributed by atoms with Crippen LogP contribution in [0.15, 0.2) is 58.5 Å². The van der Waals surface area contributed by atoms with Gasteiger partial charge in [-0.05, 0) is 31.2 Å². The molecule has 0 saturated heterocycles. The smallest absolute Gasteiger partial charge is 0.240 e. The number of isocyanates is 2. The van der Waals surface area contributed by atoms with Crippen LogP contribution in [0.5, 0.6) is 0 Å². The molecule has 0 spiro atoms. The van der Waals surface area contributed by atoms with Crippen molar-refractivity contribution in [1.82, 2.24) is 4.57 Å². The van der Waals surface area contributed by atoms with Crippen LogP contribution in [0.4, 0.5) is 11.4 Å². The molecule has 0 aliphatic rings. The SMILES string of the molecule is Cc1c(-n2c3cccc4c3cccc42)ccc(N=C=O)c1N=C=O. The van der Waals surface area contributed by atoms with Gasteiger partial charge >= 0.3 is 0 Å². The highest BCUT2D eigenvalue weighted by molar-refractivity contribution is 6.10. The second-order valence-electron chi connectivity index (χ2n) is 5.47. The van der Waals surface area contributed by atoms with Crippen LogP contribution in [-0.2, 0) is 9.59 Å². The lowest BCUT2D eigenvalue weighted by Gasteiger charge is -2.12. The van der Waals surface area contributed by atoms with Crippen LogP contribution in [0.2, 0.25) is 0 Å². The van der Waals surface area contributed by atoms with E-state index in [9.17, 15) is 9.59 Å². The van der Waals surface area contributed by atoms with Crippen molar-refractivity contribution < 1.29 is 9.59 Å². The zero-order chi connectivity index (χ0) is 16.7. The minimum atomic E-state index is 0.305. The third-order valence-corrected chi connectivity index (χ3v) is 4.30. The molecule has 0 unspecified atom stereocenters. The summed E-state index contributed by atoms with van der Waals surface area (Å²) in [7, 11) is 0. The molecule has 114 valence electrons. The number of aromatic nitrogens is 1. The van der Waals surface area contributed by atoms with Crippen molar-refractivity contribution in [3.63, 3.8) is 0 Å². The van der Waals surface area contributed by atoms with E-state index in [1.807, 2.05) is 25.1 Å². The van der Waals surface area contributed by atoms with Crippen molar-refractivity contribution in [3.05, 3.63) is 54.1 Å². The van der Waals surface area contributed by atoms with E-state index < -0.39 is 0 Å². The molecule has 0 radical (unpaired) electrons. The van der Waals surface area contributed by atoms with Crippen molar-refractivity contribution in [3.8, 4) is 5.69 Å². The fourth-order valence-corrected chi connectivity index (χ4v) is 3.30. The Hall–Kier alpha value is -3.52. The molecule has 1 heterocycles. The molecular formula is C19H11N3O2. The zero-order valence-corrected chi connectivity index (χ0v) is 12.8. The molecular weight excluding hydrogens is 302 g/mol. The molecule has 0 atom stereocenters. The molecule has 1 aromatic heterocycles. The first-order valence-corrected chi connectivity index (χ1v) is 7.37. The predicted octanol–water partition coefficient (Wildman–Crippen LogP) is 4.46. The summed E-state index contributed by atoms with van der Waals surface area (Å²) in [6, 6.07) is 15.8. The molecule has 4 aromatic rings. The molecule has 24 heavy (non-hydrogen) atoms. The van der Waals surface area contributed by atoms with Gasteiger partial charge in [0.05, 0.1) is 16.7 Å². The second kappa shape index (κ2) is 5.28. The molecule has 0 fully saturated rings. The topological polar surface area (TPSA) is 63.8 Å². The minimum absolute atomic E-state index is 0.305. The first-order chi connectivity index (χ1) is 11.8. The van der Waals surface area contributed by atoms with Crippen LogP contribution >= 0.6 is 0 Å². The Morgan fingerprint density at radius 1 is 0.833 bits per heavy atom. The molecule has 5 heteroatoms. The molecule has 5 nitrogen and oxygen atoms in total. The number of carbonyl (C=O) groups excluding carboxylic acids is 2. The van der Waals surface area contributed by atoms with Gasteiger partial charge in [0.15, 0.2) is 0 Å². The fourth-order valence-electron chi connectivity index (χ4n) is 3.30. The van der Waals surface area contributed by atoms with Gasteiger partial charge in [-0.3, -0.25) is 0 Å². The summed E-state index contributed by atoms with van der Waals surface area (Å²) >= 11 is 0. The largest absolute Gasteiger partial charge is 0.309 e. The van der Waals surface area contributed by atoms with Gasteiger partial charge in [0.1, 0.15) is 11.4 Å². The summed E-state index contributed by atoms with van der Waals surface area (Å²) in [6.45, 7) is 1.85. The number of rotatable bonds is 3. The van der Waals surface area contributed by atoms with Gasteiger partial charge in [0.25, 0.3) is 0 Å². The van der Waals surface area contributed by atoms with Crippen LogP contribution in [0, 0.1) is 6.92 Å². The first-order valence-electron chi connectivity index (χ1n) is 7.37. The van der Waals surface area contributed by atoms with Crippen LogP contribution in [0.1, 0.15) is 5.56 Å². The van der Waals surface area contributed by atoms with Gasteiger partial charge in [0.2, 0.25) is 12.2 Å². The highest BCUT2D eigenvalue weighted by Crippen LogP contribution is 2.39. The van der Waals surface area contributed by atoms with Crippen LogP contribution < -0.4 is 0 Å². The molecule has 0 aliphatic heterocycles. The lowest BCUT2D eigenvalue weighted by atomic mass is 10.1. The standard InChI is InChI=1S/C19H11N3O2/c1-12-16(9-8-15(20-10-23)19(12)21-11-24)22-17-6-2-4-13-14(17)5-3-7-18(13)22/h2-9H,1H3. The van der Waals surface area contributed by atoms with Crippen molar-refractivity contribution in [2.24, 2.45) is 9.98 Å². The molecule has 0 saturated carbocycles. The van der Waals surface area contributed by atoms with Crippen molar-refractivity contribution >= 4 is 45.3 Å². The third kappa shape index (κ3) is 1.83. The first kappa shape index (κ1) is 14.1. The summed E-state index contributed by atoms with van der Waals surface area (Å²) in [5, 5.41) is 2.34. The average molecular weight is 313 g/mol. The second-order valence-corrected chi connectivity index (χ2v) is 5.47. The number of hydrogen-bond acceptors (Lipinski definition) is 4. The van der Waals surface area contributed by atoms with Gasteiger partial charge in [0, 0.05) is 16.3 Å². The van der Waals surface area contributed by atoms with Crippen LogP contribution in [-0.4, -0.2) is 16.7 Å². The predicted molar refractivity (Wildman–Crippen MR) is 92.3 cm³/mol. The number of nitrogens with zero attached hydrogens (tertiary/aromatic N) is 3. The number of benzene rings is 3. The van der Waals surface area contributed by atoms with Crippen LogP contribution in [0.25, 0.3) is 27.5 Å². The van der Waals surface area contributed by atoms with E-state index in [1.165, 1.54) is 22.9 Å². The number of hydrogen-bond donors (Lipinski definition) is 0. The minimum Gasteiger partial charge on any atom is -0.309 e. The van der Waals surface area contributed by atoms with Gasteiger partial charge in [-0.2, -0.15) is 9.98 Å². The van der Waals surface area contributed by atoms with E-state index in [1.54, 1.807) is 6.07 Å². The van der Waals surface area contributed by atoms with Gasteiger partial charge in [-0.15, -0.1) is 0 Å². The monoisotopic (exact) mass is 313 g/mol. The maximum atomic E-state index is 10.8. The highest BCUT2D eigenvalue weighted by atomic mass is 16.1. The molecule has 0 amide bonds. The van der Waals surface area contributed by atoms with E-state index >= 15 is 0 Å². The van der Waals surface area contributed by atoms with Crippen molar-refractivity contribution in [2.45, 2.75) is 6.92 Å². The Morgan fingerprint density at radius 3 is 2.04 bits per heavy atom. The molecule has 4 rings (SSSR count). The van der Waals surface area contributed by atoms with E-state index in [4.69, 9.17) is 0 Å².